The molecule has 2 unspecified atom stereocenters. The topological polar surface area (TPSA) is 45.1 Å². The lowest BCUT2D eigenvalue weighted by molar-refractivity contribution is -0.0414. The quantitative estimate of drug-likeness (QED) is 0.868. The smallest absolute Gasteiger partial charge is 0.0959 e. The van der Waals surface area contributed by atoms with Gasteiger partial charge in [-0.05, 0) is 33.2 Å². The fourth-order valence-electron chi connectivity index (χ4n) is 2.61. The van der Waals surface area contributed by atoms with E-state index < -0.39 is 5.60 Å². The molecule has 3 nitrogen and oxygen atoms in total. The molecule has 1 aliphatic rings. The molecule has 1 aromatic heterocycles. The van der Waals surface area contributed by atoms with Gasteiger partial charge in [0, 0.05) is 23.8 Å². The van der Waals surface area contributed by atoms with Crippen LogP contribution in [-0.4, -0.2) is 28.8 Å². The van der Waals surface area contributed by atoms with E-state index in [0.717, 1.165) is 36.6 Å². The van der Waals surface area contributed by atoms with E-state index in [1.54, 1.807) is 11.3 Å². The van der Waals surface area contributed by atoms with Gasteiger partial charge in [-0.15, -0.1) is 11.3 Å². The first-order chi connectivity index (χ1) is 8.05. The van der Waals surface area contributed by atoms with E-state index in [4.69, 9.17) is 0 Å². The molecular weight excluding hydrogens is 232 g/mol. The van der Waals surface area contributed by atoms with E-state index in [-0.39, 0.29) is 0 Å². The highest BCUT2D eigenvalue weighted by atomic mass is 32.1. The van der Waals surface area contributed by atoms with Gasteiger partial charge in [-0.25, -0.2) is 4.98 Å². The van der Waals surface area contributed by atoms with Crippen molar-refractivity contribution in [2.75, 3.05) is 13.1 Å². The fourth-order valence-corrected chi connectivity index (χ4v) is 3.66. The van der Waals surface area contributed by atoms with E-state index in [2.05, 4.69) is 24.1 Å². The highest BCUT2D eigenvalue weighted by Gasteiger charge is 2.38. The second kappa shape index (κ2) is 5.04. The molecule has 0 aromatic carbocycles. The summed E-state index contributed by atoms with van der Waals surface area (Å²) in [4.78, 5) is 5.83. The molecule has 2 heterocycles. The van der Waals surface area contributed by atoms with Crippen molar-refractivity contribution in [2.45, 2.75) is 45.6 Å². The van der Waals surface area contributed by atoms with Gasteiger partial charge in [0.05, 0.1) is 16.3 Å². The second-order valence-corrected chi connectivity index (χ2v) is 6.38. The number of nitrogens with zero attached hydrogens (tertiary/aromatic N) is 1. The fraction of sp³-hybridized carbons (Fsp3) is 0.769. The molecule has 0 aliphatic carbocycles. The van der Waals surface area contributed by atoms with Crippen molar-refractivity contribution in [1.29, 1.82) is 0 Å². The van der Waals surface area contributed by atoms with Crippen LogP contribution in [-0.2, 0) is 6.42 Å². The van der Waals surface area contributed by atoms with Crippen LogP contribution >= 0.6 is 11.3 Å². The summed E-state index contributed by atoms with van der Waals surface area (Å²) >= 11 is 1.73. The Morgan fingerprint density at radius 2 is 2.29 bits per heavy atom. The SMILES string of the molecule is CCC1CNCCC1(O)Cc1nc(C)c(C)s1. The maximum Gasteiger partial charge on any atom is 0.0959 e. The number of hydrogen-bond donors (Lipinski definition) is 2. The monoisotopic (exact) mass is 254 g/mol. The molecule has 0 bridgehead atoms. The predicted octanol–water partition coefficient (Wildman–Crippen LogP) is 2.05. The summed E-state index contributed by atoms with van der Waals surface area (Å²) in [5, 5.41) is 15.3. The minimum Gasteiger partial charge on any atom is -0.389 e. The van der Waals surface area contributed by atoms with Gasteiger partial charge in [-0.3, -0.25) is 0 Å². The van der Waals surface area contributed by atoms with Crippen LogP contribution in [0.4, 0.5) is 0 Å². The van der Waals surface area contributed by atoms with E-state index in [0.29, 0.717) is 12.3 Å². The van der Waals surface area contributed by atoms with Crippen LogP contribution in [0.3, 0.4) is 0 Å². The Bertz CT molecular complexity index is 371. The largest absolute Gasteiger partial charge is 0.389 e. The van der Waals surface area contributed by atoms with Crippen molar-refractivity contribution in [3.05, 3.63) is 15.6 Å². The van der Waals surface area contributed by atoms with E-state index in [9.17, 15) is 5.11 Å². The Hall–Kier alpha value is -0.450. The highest BCUT2D eigenvalue weighted by molar-refractivity contribution is 7.11. The number of rotatable bonds is 3. The number of aliphatic hydroxyl groups is 1. The van der Waals surface area contributed by atoms with E-state index in [1.807, 2.05) is 6.92 Å². The number of nitrogens with one attached hydrogen (secondary N) is 1. The number of aromatic nitrogens is 1. The Kier molecular flexibility index (Phi) is 3.85. The summed E-state index contributed by atoms with van der Waals surface area (Å²) in [6, 6.07) is 0. The minimum absolute atomic E-state index is 0.348. The van der Waals surface area contributed by atoms with Crippen molar-refractivity contribution in [1.82, 2.24) is 10.3 Å². The predicted molar refractivity (Wildman–Crippen MR) is 71.5 cm³/mol. The van der Waals surface area contributed by atoms with Crippen molar-refractivity contribution >= 4 is 11.3 Å². The molecule has 0 spiro atoms. The van der Waals surface area contributed by atoms with Crippen molar-refractivity contribution in [2.24, 2.45) is 5.92 Å². The number of thiazole rings is 1. The molecule has 0 radical (unpaired) electrons. The molecule has 4 heteroatoms. The molecule has 0 amide bonds. The van der Waals surface area contributed by atoms with Gasteiger partial charge in [0.25, 0.3) is 0 Å². The van der Waals surface area contributed by atoms with Crippen molar-refractivity contribution < 1.29 is 5.11 Å². The maximum absolute atomic E-state index is 10.8. The molecule has 2 atom stereocenters. The summed E-state index contributed by atoms with van der Waals surface area (Å²) in [6.45, 7) is 8.13. The van der Waals surface area contributed by atoms with Crippen LogP contribution in [0, 0.1) is 19.8 Å². The van der Waals surface area contributed by atoms with E-state index in [1.165, 1.54) is 4.88 Å². The summed E-state index contributed by atoms with van der Waals surface area (Å²) in [5.41, 5.74) is 0.548. The van der Waals surface area contributed by atoms with Crippen molar-refractivity contribution in [3.63, 3.8) is 0 Å². The lowest BCUT2D eigenvalue weighted by Crippen LogP contribution is -2.51. The third-order valence-electron chi connectivity index (χ3n) is 3.91. The number of piperidine rings is 1. The van der Waals surface area contributed by atoms with Crippen LogP contribution in [0.15, 0.2) is 0 Å². The molecular formula is C13H22N2OS. The van der Waals surface area contributed by atoms with Crippen molar-refractivity contribution in [3.8, 4) is 0 Å². The average Bonchev–Trinajstić information content (AvgIpc) is 2.57. The van der Waals surface area contributed by atoms with Crippen LogP contribution in [0.5, 0.6) is 0 Å². The van der Waals surface area contributed by atoms with E-state index >= 15 is 0 Å². The first-order valence-electron chi connectivity index (χ1n) is 6.41. The van der Waals surface area contributed by atoms with Crippen LogP contribution in [0.1, 0.15) is 35.3 Å². The van der Waals surface area contributed by atoms with Gasteiger partial charge in [0.2, 0.25) is 0 Å². The normalized spacial score (nSPS) is 29.5. The molecule has 1 aliphatic heterocycles. The number of hydrogen-bond acceptors (Lipinski definition) is 4. The Morgan fingerprint density at radius 1 is 1.53 bits per heavy atom. The van der Waals surface area contributed by atoms with Gasteiger partial charge in [-0.1, -0.05) is 6.92 Å². The first kappa shape index (κ1) is 13.0. The minimum atomic E-state index is -0.559. The molecule has 96 valence electrons. The lowest BCUT2D eigenvalue weighted by atomic mass is 9.78. The molecule has 1 fully saturated rings. The zero-order chi connectivity index (χ0) is 12.5. The van der Waals surface area contributed by atoms with Gasteiger partial charge < -0.3 is 10.4 Å². The lowest BCUT2D eigenvalue weighted by Gasteiger charge is -2.39. The van der Waals surface area contributed by atoms with Gasteiger partial charge >= 0.3 is 0 Å². The molecule has 1 saturated heterocycles. The summed E-state index contributed by atoms with van der Waals surface area (Å²) in [7, 11) is 0. The molecule has 1 aromatic rings. The summed E-state index contributed by atoms with van der Waals surface area (Å²) in [6.07, 6.45) is 2.57. The summed E-state index contributed by atoms with van der Waals surface area (Å²) < 4.78 is 0. The Morgan fingerprint density at radius 3 is 2.88 bits per heavy atom. The zero-order valence-electron chi connectivity index (χ0n) is 10.9. The second-order valence-electron chi connectivity index (χ2n) is 5.09. The van der Waals surface area contributed by atoms with Gasteiger partial charge in [0.1, 0.15) is 0 Å². The van der Waals surface area contributed by atoms with Gasteiger partial charge in [0.15, 0.2) is 0 Å². The Balaban J connectivity index is 2.14. The average molecular weight is 254 g/mol. The third-order valence-corrected chi connectivity index (χ3v) is 4.98. The molecule has 2 rings (SSSR count). The van der Waals surface area contributed by atoms with Crippen LogP contribution < -0.4 is 5.32 Å². The standard InChI is InChI=1S/C13H22N2OS/c1-4-11-8-14-6-5-13(11,16)7-12-15-9(2)10(3)17-12/h11,14,16H,4-8H2,1-3H3. The summed E-state index contributed by atoms with van der Waals surface area (Å²) in [5.74, 6) is 0.348. The van der Waals surface area contributed by atoms with Crippen LogP contribution in [0.2, 0.25) is 0 Å². The number of aryl methyl sites for hydroxylation is 2. The zero-order valence-corrected chi connectivity index (χ0v) is 11.7. The van der Waals surface area contributed by atoms with Gasteiger partial charge in [-0.2, -0.15) is 0 Å². The highest BCUT2D eigenvalue weighted by Crippen LogP contribution is 2.32. The molecule has 17 heavy (non-hydrogen) atoms. The maximum atomic E-state index is 10.8. The Labute approximate surface area is 107 Å². The first-order valence-corrected chi connectivity index (χ1v) is 7.23. The molecule has 2 N–H and O–H groups in total. The van der Waals surface area contributed by atoms with Crippen LogP contribution in [0.25, 0.3) is 0 Å². The molecule has 0 saturated carbocycles. The third kappa shape index (κ3) is 2.69.